The van der Waals surface area contributed by atoms with Crippen molar-refractivity contribution >= 4 is 41.3 Å². The van der Waals surface area contributed by atoms with Crippen molar-refractivity contribution in [3.8, 4) is 0 Å². The van der Waals surface area contributed by atoms with Crippen molar-refractivity contribution in [1.29, 1.82) is 0 Å². The van der Waals surface area contributed by atoms with Gasteiger partial charge in [0.15, 0.2) is 5.96 Å². The number of aliphatic imine (C=N–C) groups is 1. The normalized spacial score (nSPS) is 17.7. The second kappa shape index (κ2) is 8.80. The van der Waals surface area contributed by atoms with Crippen LogP contribution in [0.3, 0.4) is 0 Å². The van der Waals surface area contributed by atoms with Crippen LogP contribution >= 0.6 is 35.3 Å². The summed E-state index contributed by atoms with van der Waals surface area (Å²) in [6.45, 7) is 7.13. The Bertz CT molecular complexity index is 698. The molecule has 1 aliphatic rings. The molecular weight excluding hydrogens is 431 g/mol. The molecule has 0 spiro atoms. The predicted molar refractivity (Wildman–Crippen MR) is 113 cm³/mol. The lowest BCUT2D eigenvalue weighted by atomic mass is 9.94. The summed E-state index contributed by atoms with van der Waals surface area (Å²) >= 11 is 1.73. The summed E-state index contributed by atoms with van der Waals surface area (Å²) in [6.07, 6.45) is 3.13. The highest BCUT2D eigenvalue weighted by molar-refractivity contribution is 14.0. The first-order chi connectivity index (χ1) is 11.2. The number of benzene rings is 1. The summed E-state index contributed by atoms with van der Waals surface area (Å²) in [6, 6.07) is 8.73. The molecule has 1 saturated heterocycles. The van der Waals surface area contributed by atoms with E-state index >= 15 is 0 Å². The lowest BCUT2D eigenvalue weighted by Gasteiger charge is -2.22. The smallest absolute Gasteiger partial charge is 0.193 e. The Morgan fingerprint density at radius 3 is 2.83 bits per heavy atom. The van der Waals surface area contributed by atoms with Gasteiger partial charge in [0.25, 0.3) is 0 Å². The maximum absolute atomic E-state index is 4.46. The van der Waals surface area contributed by atoms with Gasteiger partial charge in [-0.25, -0.2) is 4.98 Å². The summed E-state index contributed by atoms with van der Waals surface area (Å²) in [4.78, 5) is 12.4. The molecule has 1 aliphatic heterocycles. The number of aromatic nitrogens is 1. The molecule has 1 fully saturated rings. The van der Waals surface area contributed by atoms with Crippen molar-refractivity contribution in [3.63, 3.8) is 0 Å². The molecule has 0 amide bonds. The first-order valence-electron chi connectivity index (χ1n) is 8.10. The number of thiazole rings is 1. The third-order valence-electron chi connectivity index (χ3n) is 4.42. The number of guanidine groups is 1. The van der Waals surface area contributed by atoms with Crippen molar-refractivity contribution in [2.24, 2.45) is 4.99 Å². The van der Waals surface area contributed by atoms with Gasteiger partial charge in [-0.15, -0.1) is 35.3 Å². The fraction of sp³-hybridized carbons (Fsp3) is 0.444. The number of rotatable bonds is 3. The zero-order chi connectivity index (χ0) is 16.2. The third-order valence-corrected chi connectivity index (χ3v) is 5.33. The maximum Gasteiger partial charge on any atom is 0.193 e. The predicted octanol–water partition coefficient (Wildman–Crippen LogP) is 3.94. The van der Waals surface area contributed by atoms with Crippen LogP contribution in [0, 0.1) is 13.8 Å². The quantitative estimate of drug-likeness (QED) is 0.432. The van der Waals surface area contributed by atoms with Gasteiger partial charge in [-0.3, -0.25) is 4.99 Å². The van der Waals surface area contributed by atoms with Gasteiger partial charge >= 0.3 is 0 Å². The van der Waals surface area contributed by atoms with Gasteiger partial charge in [-0.2, -0.15) is 0 Å². The molecule has 1 aromatic heterocycles. The average Bonchev–Trinajstić information content (AvgIpc) is 3.18. The Hall–Kier alpha value is -1.15. The minimum absolute atomic E-state index is 0. The molecule has 1 unspecified atom stereocenters. The van der Waals surface area contributed by atoms with E-state index in [2.05, 4.69) is 51.4 Å². The van der Waals surface area contributed by atoms with Crippen LogP contribution in [-0.2, 0) is 6.54 Å². The van der Waals surface area contributed by atoms with E-state index in [-0.39, 0.29) is 24.0 Å². The van der Waals surface area contributed by atoms with Crippen LogP contribution in [0.15, 0.2) is 35.5 Å². The van der Waals surface area contributed by atoms with Gasteiger partial charge < -0.3 is 10.2 Å². The van der Waals surface area contributed by atoms with Gasteiger partial charge in [0, 0.05) is 37.1 Å². The molecule has 2 aromatic rings. The Labute approximate surface area is 165 Å². The fourth-order valence-corrected chi connectivity index (χ4v) is 3.97. The van der Waals surface area contributed by atoms with Gasteiger partial charge in [0.1, 0.15) is 0 Å². The van der Waals surface area contributed by atoms with E-state index in [0.29, 0.717) is 5.92 Å². The van der Waals surface area contributed by atoms with E-state index in [1.807, 2.05) is 20.2 Å². The SMILES string of the molecule is CN=C(NCc1cnc(C)s1)N1CCC(c2ccccc2C)C1.I. The van der Waals surface area contributed by atoms with E-state index < -0.39 is 0 Å². The standard InChI is InChI=1S/C18H24N4S.HI/c1-13-6-4-5-7-17(13)15-8-9-22(12-15)18(19-3)21-11-16-10-20-14(2)23-16;/h4-7,10,15H,8-9,11-12H2,1-3H3,(H,19,21);1H. The third kappa shape index (κ3) is 4.47. The molecule has 1 N–H and O–H groups in total. The van der Waals surface area contributed by atoms with Crippen LogP contribution in [-0.4, -0.2) is 36.0 Å². The van der Waals surface area contributed by atoms with Crippen LogP contribution in [0.4, 0.5) is 0 Å². The van der Waals surface area contributed by atoms with Crippen LogP contribution in [0.25, 0.3) is 0 Å². The van der Waals surface area contributed by atoms with Crippen LogP contribution in [0.5, 0.6) is 0 Å². The Kier molecular flexibility index (Phi) is 7.03. The molecule has 1 aromatic carbocycles. The Balaban J connectivity index is 0.00000208. The molecule has 3 rings (SSSR count). The molecule has 0 radical (unpaired) electrons. The molecular formula is C18H25IN4S. The van der Waals surface area contributed by atoms with Crippen LogP contribution < -0.4 is 5.32 Å². The molecule has 0 bridgehead atoms. The molecule has 2 heterocycles. The Morgan fingerprint density at radius 2 is 2.17 bits per heavy atom. The Morgan fingerprint density at radius 1 is 1.38 bits per heavy atom. The number of hydrogen-bond donors (Lipinski definition) is 1. The lowest BCUT2D eigenvalue weighted by molar-refractivity contribution is 0.486. The van der Waals surface area contributed by atoms with Crippen molar-refractivity contribution in [1.82, 2.24) is 15.2 Å². The molecule has 6 heteroatoms. The summed E-state index contributed by atoms with van der Waals surface area (Å²) in [7, 11) is 1.86. The van der Waals surface area contributed by atoms with E-state index in [1.54, 1.807) is 11.3 Å². The highest BCUT2D eigenvalue weighted by Crippen LogP contribution is 2.29. The number of nitrogens with one attached hydrogen (secondary N) is 1. The maximum atomic E-state index is 4.46. The fourth-order valence-electron chi connectivity index (χ4n) is 3.24. The monoisotopic (exact) mass is 456 g/mol. The van der Waals surface area contributed by atoms with E-state index in [1.165, 1.54) is 22.4 Å². The molecule has 0 saturated carbocycles. The van der Waals surface area contributed by atoms with Gasteiger partial charge in [-0.1, -0.05) is 24.3 Å². The zero-order valence-electron chi connectivity index (χ0n) is 14.5. The summed E-state index contributed by atoms with van der Waals surface area (Å²) in [5.74, 6) is 1.59. The van der Waals surface area contributed by atoms with Crippen LogP contribution in [0.2, 0.25) is 0 Å². The number of aryl methyl sites for hydroxylation is 2. The zero-order valence-corrected chi connectivity index (χ0v) is 17.6. The molecule has 4 nitrogen and oxygen atoms in total. The largest absolute Gasteiger partial charge is 0.351 e. The summed E-state index contributed by atoms with van der Waals surface area (Å²) in [5.41, 5.74) is 2.87. The number of halogens is 1. The van der Waals surface area contributed by atoms with Crippen molar-refractivity contribution in [2.45, 2.75) is 32.7 Å². The van der Waals surface area contributed by atoms with Crippen molar-refractivity contribution in [3.05, 3.63) is 51.5 Å². The van der Waals surface area contributed by atoms with Gasteiger partial charge in [-0.05, 0) is 31.4 Å². The average molecular weight is 456 g/mol. The highest BCUT2D eigenvalue weighted by atomic mass is 127. The van der Waals surface area contributed by atoms with Gasteiger partial charge in [0.2, 0.25) is 0 Å². The number of likely N-dealkylation sites (tertiary alicyclic amines) is 1. The summed E-state index contributed by atoms with van der Waals surface area (Å²) < 4.78 is 0. The van der Waals surface area contributed by atoms with Crippen molar-refractivity contribution < 1.29 is 0 Å². The lowest BCUT2D eigenvalue weighted by Crippen LogP contribution is -2.39. The number of nitrogens with zero attached hydrogens (tertiary/aromatic N) is 3. The molecule has 130 valence electrons. The van der Waals surface area contributed by atoms with Crippen LogP contribution in [0.1, 0.15) is 33.4 Å². The molecule has 24 heavy (non-hydrogen) atoms. The minimum atomic E-state index is 0. The topological polar surface area (TPSA) is 40.5 Å². The second-order valence-corrected chi connectivity index (χ2v) is 7.35. The second-order valence-electron chi connectivity index (χ2n) is 6.03. The summed E-state index contributed by atoms with van der Waals surface area (Å²) in [5, 5.41) is 4.58. The first-order valence-corrected chi connectivity index (χ1v) is 8.91. The van der Waals surface area contributed by atoms with Gasteiger partial charge in [0.05, 0.1) is 11.6 Å². The van der Waals surface area contributed by atoms with Crippen molar-refractivity contribution in [2.75, 3.05) is 20.1 Å². The van der Waals surface area contributed by atoms with E-state index in [0.717, 1.165) is 30.6 Å². The minimum Gasteiger partial charge on any atom is -0.351 e. The molecule has 0 aliphatic carbocycles. The molecule has 1 atom stereocenters. The highest BCUT2D eigenvalue weighted by Gasteiger charge is 2.26. The van der Waals surface area contributed by atoms with E-state index in [9.17, 15) is 0 Å². The first kappa shape index (κ1) is 19.2. The number of hydrogen-bond acceptors (Lipinski definition) is 3. The van der Waals surface area contributed by atoms with E-state index in [4.69, 9.17) is 0 Å².